The van der Waals surface area contributed by atoms with E-state index < -0.39 is 20.0 Å². The molecule has 7 rings (SSSR count). The van der Waals surface area contributed by atoms with Gasteiger partial charge in [0, 0.05) is 65.7 Å². The molecule has 1 aliphatic rings. The lowest BCUT2D eigenvalue weighted by molar-refractivity contribution is 0.0933. The molecule has 0 radical (unpaired) electrons. The second-order valence-electron chi connectivity index (χ2n) is 13.8. The summed E-state index contributed by atoms with van der Waals surface area (Å²) in [7, 11) is -6.30. The number of hydrogen-bond acceptors (Lipinski definition) is 9. The number of aromatic nitrogens is 2. The molecule has 17 heteroatoms. The highest BCUT2D eigenvalue weighted by atomic mass is 35.5. The number of hydrogen-bond donors (Lipinski definition) is 2. The van der Waals surface area contributed by atoms with E-state index in [-0.39, 0.29) is 40.7 Å². The van der Waals surface area contributed by atoms with Crippen molar-refractivity contribution in [3.8, 4) is 0 Å². The number of amides is 2. The van der Waals surface area contributed by atoms with Crippen LogP contribution in [0.15, 0.2) is 156 Å². The van der Waals surface area contributed by atoms with Crippen LogP contribution in [0.25, 0.3) is 0 Å². The zero-order valence-corrected chi connectivity index (χ0v) is 36.0. The smallest absolute Gasteiger partial charge is 0.266 e. The zero-order chi connectivity index (χ0) is 43.4. The van der Waals surface area contributed by atoms with Crippen molar-refractivity contribution in [1.82, 2.24) is 20.6 Å². The Kier molecular flexibility index (Phi) is 15.1. The average Bonchev–Trinajstić information content (AvgIpc) is 4.11. The Labute approximate surface area is 365 Å². The molecular formula is C44H42Cl2N6O7S2. The van der Waals surface area contributed by atoms with E-state index in [1.54, 1.807) is 116 Å². The van der Waals surface area contributed by atoms with E-state index in [9.17, 15) is 26.4 Å². The fourth-order valence-corrected chi connectivity index (χ4v) is 8.94. The number of nitrogens with zero attached hydrogens (tertiary/aromatic N) is 4. The summed E-state index contributed by atoms with van der Waals surface area (Å²) in [5, 5.41) is 6.79. The van der Waals surface area contributed by atoms with Crippen molar-refractivity contribution in [2.75, 3.05) is 28.9 Å². The summed E-state index contributed by atoms with van der Waals surface area (Å²) in [6.45, 7) is 0.872. The van der Waals surface area contributed by atoms with Gasteiger partial charge in [-0.05, 0) is 109 Å². The van der Waals surface area contributed by atoms with Crippen molar-refractivity contribution in [2.45, 2.75) is 41.8 Å². The van der Waals surface area contributed by atoms with Crippen molar-refractivity contribution >= 4 is 66.4 Å². The van der Waals surface area contributed by atoms with Crippen molar-refractivity contribution < 1.29 is 31.2 Å². The number of sulfonamides is 2. The Hall–Kier alpha value is -5.84. The van der Waals surface area contributed by atoms with Crippen LogP contribution >= 0.6 is 23.2 Å². The SMILES string of the molecule is COCCNC(=O)c1cccc(N(Cc2ccc(Cl)cc2)S(=O)(=O)c2cccnc2)c1.O=C(NC1CC1)c1cccc(N(Cc2ccc(Cl)cc2)S(=O)(=O)c2cccnc2)c1. The number of carbonyl (C=O) groups excluding carboxylic acids is 2. The fourth-order valence-electron chi connectivity index (χ4n) is 5.86. The number of carbonyl (C=O) groups is 2. The van der Waals surface area contributed by atoms with Gasteiger partial charge in [0.25, 0.3) is 31.9 Å². The summed E-state index contributed by atoms with van der Waals surface area (Å²) in [6.07, 6.45) is 7.59. The molecule has 2 aromatic heterocycles. The van der Waals surface area contributed by atoms with Crippen molar-refractivity contribution in [1.29, 1.82) is 0 Å². The quantitative estimate of drug-likeness (QED) is 0.0934. The topological polar surface area (TPSA) is 168 Å². The largest absolute Gasteiger partial charge is 0.383 e. The van der Waals surface area contributed by atoms with E-state index in [1.807, 2.05) is 0 Å². The summed E-state index contributed by atoms with van der Waals surface area (Å²) in [5.41, 5.74) is 3.03. The number of ether oxygens (including phenoxy) is 1. The first kappa shape index (κ1) is 44.7. The van der Waals surface area contributed by atoms with E-state index in [1.165, 1.54) is 45.5 Å². The summed E-state index contributed by atoms with van der Waals surface area (Å²) in [4.78, 5) is 32.9. The van der Waals surface area contributed by atoms with E-state index in [0.29, 0.717) is 45.7 Å². The van der Waals surface area contributed by atoms with Gasteiger partial charge in [-0.2, -0.15) is 0 Å². The fraction of sp³-hybridized carbons (Fsp3) is 0.182. The Bertz CT molecular complexity index is 2640. The molecule has 61 heavy (non-hydrogen) atoms. The normalized spacial score (nSPS) is 12.4. The monoisotopic (exact) mass is 900 g/mol. The Balaban J connectivity index is 0.000000204. The summed E-state index contributed by atoms with van der Waals surface area (Å²) < 4.78 is 61.2. The van der Waals surface area contributed by atoms with Crippen LogP contribution in [-0.4, -0.2) is 64.9 Å². The maximum Gasteiger partial charge on any atom is 0.266 e. The molecule has 13 nitrogen and oxygen atoms in total. The number of anilines is 2. The van der Waals surface area contributed by atoms with E-state index in [4.69, 9.17) is 27.9 Å². The van der Waals surface area contributed by atoms with Crippen LogP contribution in [0, 0.1) is 0 Å². The van der Waals surface area contributed by atoms with Gasteiger partial charge in [0.2, 0.25) is 0 Å². The molecule has 1 saturated carbocycles. The highest BCUT2D eigenvalue weighted by molar-refractivity contribution is 7.93. The number of nitrogens with one attached hydrogen (secondary N) is 2. The Morgan fingerprint density at radius 1 is 0.656 bits per heavy atom. The van der Waals surface area contributed by atoms with Crippen LogP contribution in [0.5, 0.6) is 0 Å². The molecule has 0 spiro atoms. The lowest BCUT2D eigenvalue weighted by Gasteiger charge is -2.25. The molecule has 1 fully saturated rings. The summed E-state index contributed by atoms with van der Waals surface area (Å²) >= 11 is 11.9. The molecule has 0 aliphatic heterocycles. The third-order valence-corrected chi connectivity index (χ3v) is 13.2. The van der Waals surface area contributed by atoms with Gasteiger partial charge in [-0.25, -0.2) is 16.8 Å². The average molecular weight is 902 g/mol. The van der Waals surface area contributed by atoms with Gasteiger partial charge in [-0.3, -0.25) is 28.2 Å². The molecule has 4 aromatic carbocycles. The lowest BCUT2D eigenvalue weighted by atomic mass is 10.1. The molecule has 316 valence electrons. The van der Waals surface area contributed by atoms with Gasteiger partial charge in [-0.1, -0.05) is 59.6 Å². The number of benzene rings is 4. The van der Waals surface area contributed by atoms with Gasteiger partial charge in [-0.15, -0.1) is 0 Å². The van der Waals surface area contributed by atoms with Crippen LogP contribution in [0.3, 0.4) is 0 Å². The van der Waals surface area contributed by atoms with Gasteiger partial charge in [0.15, 0.2) is 0 Å². The second-order valence-corrected chi connectivity index (χ2v) is 18.3. The first-order valence-corrected chi connectivity index (χ1v) is 22.6. The molecular weight excluding hydrogens is 860 g/mol. The van der Waals surface area contributed by atoms with Gasteiger partial charge in [0.1, 0.15) is 9.79 Å². The third-order valence-electron chi connectivity index (χ3n) is 9.22. The maximum atomic E-state index is 13.4. The minimum atomic E-state index is -3.94. The number of methoxy groups -OCH3 is 1. The van der Waals surface area contributed by atoms with E-state index in [0.717, 1.165) is 24.0 Å². The minimum Gasteiger partial charge on any atom is -0.383 e. The highest BCUT2D eigenvalue weighted by Gasteiger charge is 2.29. The number of halogens is 2. The molecule has 0 saturated heterocycles. The first-order valence-electron chi connectivity index (χ1n) is 19.0. The molecule has 6 aromatic rings. The summed E-state index contributed by atoms with van der Waals surface area (Å²) in [5.74, 6) is -0.520. The van der Waals surface area contributed by atoms with Crippen LogP contribution in [0.1, 0.15) is 44.7 Å². The predicted octanol–water partition coefficient (Wildman–Crippen LogP) is 7.53. The molecule has 0 atom stereocenters. The van der Waals surface area contributed by atoms with Crippen LogP contribution in [-0.2, 0) is 37.9 Å². The van der Waals surface area contributed by atoms with Gasteiger partial charge >= 0.3 is 0 Å². The predicted molar refractivity (Wildman–Crippen MR) is 236 cm³/mol. The summed E-state index contributed by atoms with van der Waals surface area (Å²) in [6, 6.07) is 33.3. The Morgan fingerprint density at radius 2 is 1.11 bits per heavy atom. The van der Waals surface area contributed by atoms with Gasteiger partial charge in [0.05, 0.1) is 31.1 Å². The number of pyridine rings is 2. The minimum absolute atomic E-state index is 0.0545. The highest BCUT2D eigenvalue weighted by Crippen LogP contribution is 2.29. The van der Waals surface area contributed by atoms with Gasteiger partial charge < -0.3 is 15.4 Å². The molecule has 2 amide bonds. The third kappa shape index (κ3) is 12.1. The zero-order valence-electron chi connectivity index (χ0n) is 32.9. The number of rotatable bonds is 16. The van der Waals surface area contributed by atoms with Crippen LogP contribution in [0.4, 0.5) is 11.4 Å². The molecule has 2 N–H and O–H groups in total. The standard InChI is InChI=1S/C22H22ClN3O4S.C22H20ClN3O3S/c1-30-13-12-25-22(27)18-4-2-5-20(14-18)26(16-17-7-9-19(23)10-8-17)31(28,29)21-6-3-11-24-15-21;23-18-8-6-16(7-9-18)15-26(30(28,29)21-5-2-12-24-14-21)20-4-1-3-17(13-20)22(27)25-19-10-11-19/h2-11,14-15H,12-13,16H2,1H3,(H,25,27);1-9,12-14,19H,10-11,15H2,(H,25,27). The molecule has 0 bridgehead atoms. The maximum absolute atomic E-state index is 13.4. The Morgan fingerprint density at radius 3 is 1.52 bits per heavy atom. The molecule has 1 aliphatic carbocycles. The molecule has 2 heterocycles. The van der Waals surface area contributed by atoms with E-state index in [2.05, 4.69) is 20.6 Å². The first-order chi connectivity index (χ1) is 29.3. The van der Waals surface area contributed by atoms with Crippen LogP contribution < -0.4 is 19.2 Å². The lowest BCUT2D eigenvalue weighted by Crippen LogP contribution is -2.31. The molecule has 0 unspecified atom stereocenters. The van der Waals surface area contributed by atoms with Crippen LogP contribution in [0.2, 0.25) is 10.0 Å². The van der Waals surface area contributed by atoms with Crippen molar-refractivity contribution in [3.63, 3.8) is 0 Å². The second kappa shape index (κ2) is 20.6. The van der Waals surface area contributed by atoms with Crippen molar-refractivity contribution in [3.05, 3.63) is 178 Å². The van der Waals surface area contributed by atoms with Crippen molar-refractivity contribution in [2.24, 2.45) is 0 Å². The van der Waals surface area contributed by atoms with E-state index >= 15 is 0 Å².